The van der Waals surface area contributed by atoms with Gasteiger partial charge in [0.15, 0.2) is 0 Å². The van der Waals surface area contributed by atoms with Gasteiger partial charge in [0.25, 0.3) is 0 Å². The van der Waals surface area contributed by atoms with E-state index in [9.17, 15) is 0 Å². The first-order valence-electron chi connectivity index (χ1n) is 7.81. The number of benzene rings is 2. The van der Waals surface area contributed by atoms with Crippen molar-refractivity contribution in [3.8, 4) is 11.1 Å². The Bertz CT molecular complexity index is 691. The lowest BCUT2D eigenvalue weighted by molar-refractivity contribution is 0.589. The Morgan fingerprint density at radius 2 is 1.43 bits per heavy atom. The number of hydrogen-bond acceptors (Lipinski definition) is 0. The van der Waals surface area contributed by atoms with E-state index in [1.165, 1.54) is 33.4 Å². The van der Waals surface area contributed by atoms with Crippen molar-refractivity contribution in [2.45, 2.75) is 52.4 Å². The summed E-state index contributed by atoms with van der Waals surface area (Å²) in [6.45, 7) is 13.7. The molecule has 0 N–H and O–H groups in total. The van der Waals surface area contributed by atoms with Gasteiger partial charge in [-0.05, 0) is 44.2 Å². The zero-order valence-electron chi connectivity index (χ0n) is 14.0. The molecule has 21 heavy (non-hydrogen) atoms. The predicted octanol–water partition coefficient (Wildman–Crippen LogP) is 5.86. The van der Waals surface area contributed by atoms with E-state index in [2.05, 4.69) is 84.4 Å². The molecule has 109 valence electrons. The molecule has 0 amide bonds. The van der Waals surface area contributed by atoms with Crippen molar-refractivity contribution >= 4 is 0 Å². The van der Waals surface area contributed by atoms with Gasteiger partial charge < -0.3 is 0 Å². The Hall–Kier alpha value is -1.56. The molecule has 0 saturated carbocycles. The third-order valence-corrected chi connectivity index (χ3v) is 4.40. The Labute approximate surface area is 129 Å². The second kappa shape index (κ2) is 4.47. The van der Waals surface area contributed by atoms with Crippen LogP contribution in [0.5, 0.6) is 0 Å². The normalized spacial score (nSPS) is 14.0. The van der Waals surface area contributed by atoms with E-state index in [0.717, 1.165) is 0 Å². The molecular weight excluding hydrogens is 252 g/mol. The second-order valence-corrected chi connectivity index (χ2v) is 8.22. The number of fused-ring (bicyclic) bond motifs is 3. The third kappa shape index (κ3) is 2.41. The van der Waals surface area contributed by atoms with Crippen molar-refractivity contribution < 1.29 is 0 Å². The monoisotopic (exact) mass is 277 g/mol. The van der Waals surface area contributed by atoms with Gasteiger partial charge in [-0.1, -0.05) is 77.9 Å². The van der Waals surface area contributed by atoms with Crippen LogP contribution in [0.3, 0.4) is 0 Å². The molecule has 0 aromatic heterocycles. The quantitative estimate of drug-likeness (QED) is 0.482. The average Bonchev–Trinajstić information content (AvgIpc) is 2.73. The van der Waals surface area contributed by atoms with E-state index < -0.39 is 0 Å². The lowest BCUT2D eigenvalue weighted by atomic mass is 9.80. The first-order valence-corrected chi connectivity index (χ1v) is 7.81. The lowest BCUT2D eigenvalue weighted by Crippen LogP contribution is -2.13. The topological polar surface area (TPSA) is 0 Å². The zero-order chi connectivity index (χ0) is 15.4. The molecule has 0 heteroatoms. The van der Waals surface area contributed by atoms with Crippen LogP contribution >= 0.6 is 0 Å². The minimum absolute atomic E-state index is 0.165. The maximum absolute atomic E-state index is 2.40. The molecule has 0 heterocycles. The van der Waals surface area contributed by atoms with Gasteiger partial charge in [-0.15, -0.1) is 0 Å². The molecule has 1 aliphatic carbocycles. The van der Waals surface area contributed by atoms with Crippen LogP contribution in [0.2, 0.25) is 0 Å². The molecule has 2 aromatic rings. The van der Waals surface area contributed by atoms with Gasteiger partial charge in [0.1, 0.15) is 0 Å². The van der Waals surface area contributed by atoms with Gasteiger partial charge in [-0.25, -0.2) is 0 Å². The summed E-state index contributed by atoms with van der Waals surface area (Å²) in [5.41, 5.74) is 8.77. The van der Waals surface area contributed by atoms with E-state index in [-0.39, 0.29) is 10.8 Å². The van der Waals surface area contributed by atoms with Crippen LogP contribution in [-0.2, 0) is 10.8 Å². The third-order valence-electron chi connectivity index (χ3n) is 4.40. The fourth-order valence-electron chi connectivity index (χ4n) is 3.15. The van der Waals surface area contributed by atoms with Gasteiger partial charge in [0.2, 0.25) is 0 Å². The van der Waals surface area contributed by atoms with Gasteiger partial charge in [-0.2, -0.15) is 0 Å². The highest BCUT2D eigenvalue weighted by Gasteiger charge is 2.27. The van der Waals surface area contributed by atoms with Crippen molar-refractivity contribution in [1.82, 2.24) is 0 Å². The summed E-state index contributed by atoms with van der Waals surface area (Å²) in [6.07, 6.45) is 2.33. The maximum Gasteiger partial charge on any atom is 0.0212 e. The van der Waals surface area contributed by atoms with Gasteiger partial charge in [-0.3, -0.25) is 0 Å². The van der Waals surface area contributed by atoms with Crippen LogP contribution in [0.25, 0.3) is 11.1 Å². The largest absolute Gasteiger partial charge is 0.0616 e. The standard InChI is InChI=1S/C21H25/c1-20(2,3)16-11-10-14-12-15-8-7-9-18(21(4,5)6)19(15)17(14)13-16/h7-13H,1-6H3. The number of hydrogen-bond donors (Lipinski definition) is 0. The summed E-state index contributed by atoms with van der Waals surface area (Å²) in [5.74, 6) is 0. The Balaban J connectivity index is 2.25. The van der Waals surface area contributed by atoms with E-state index >= 15 is 0 Å². The van der Waals surface area contributed by atoms with Crippen molar-refractivity contribution in [3.63, 3.8) is 0 Å². The van der Waals surface area contributed by atoms with Crippen LogP contribution in [0.4, 0.5) is 0 Å². The second-order valence-electron chi connectivity index (χ2n) is 8.22. The summed E-state index contributed by atoms with van der Waals surface area (Å²) in [7, 11) is 0. The van der Waals surface area contributed by atoms with Crippen LogP contribution in [-0.4, -0.2) is 0 Å². The van der Waals surface area contributed by atoms with Crippen LogP contribution < -0.4 is 0 Å². The maximum atomic E-state index is 2.40. The molecule has 2 aromatic carbocycles. The van der Waals surface area contributed by atoms with E-state index in [1.54, 1.807) is 0 Å². The van der Waals surface area contributed by atoms with E-state index in [1.807, 2.05) is 0 Å². The fraction of sp³-hybridized carbons (Fsp3) is 0.381. The van der Waals surface area contributed by atoms with Gasteiger partial charge in [0, 0.05) is 6.42 Å². The van der Waals surface area contributed by atoms with Crippen LogP contribution in [0.15, 0.2) is 36.4 Å². The molecule has 0 spiro atoms. The molecular formula is C21H25. The fourth-order valence-corrected chi connectivity index (χ4v) is 3.15. The first-order chi connectivity index (χ1) is 9.68. The van der Waals surface area contributed by atoms with E-state index in [0.29, 0.717) is 0 Å². The molecule has 0 unspecified atom stereocenters. The molecule has 3 rings (SSSR count). The summed E-state index contributed by atoms with van der Waals surface area (Å²) >= 11 is 0. The Kier molecular flexibility index (Phi) is 3.06. The van der Waals surface area contributed by atoms with Crippen LogP contribution in [0.1, 0.15) is 63.8 Å². The predicted molar refractivity (Wildman–Crippen MR) is 91.8 cm³/mol. The molecule has 0 bridgehead atoms. The van der Waals surface area contributed by atoms with Crippen molar-refractivity contribution in [2.24, 2.45) is 0 Å². The van der Waals surface area contributed by atoms with Crippen molar-refractivity contribution in [3.05, 3.63) is 65.1 Å². The van der Waals surface area contributed by atoms with Crippen molar-refractivity contribution in [1.29, 1.82) is 0 Å². The summed E-state index contributed by atoms with van der Waals surface area (Å²) in [5, 5.41) is 0. The Morgan fingerprint density at radius 3 is 2.05 bits per heavy atom. The van der Waals surface area contributed by atoms with Crippen LogP contribution in [0, 0.1) is 6.42 Å². The van der Waals surface area contributed by atoms with E-state index in [4.69, 9.17) is 0 Å². The summed E-state index contributed by atoms with van der Waals surface area (Å²) in [4.78, 5) is 0. The molecule has 0 nitrogen and oxygen atoms in total. The summed E-state index contributed by atoms with van der Waals surface area (Å²) in [6, 6.07) is 13.7. The van der Waals surface area contributed by atoms with Crippen molar-refractivity contribution in [2.75, 3.05) is 0 Å². The zero-order valence-corrected chi connectivity index (χ0v) is 14.0. The molecule has 1 radical (unpaired) electrons. The van der Waals surface area contributed by atoms with Gasteiger partial charge >= 0.3 is 0 Å². The highest BCUT2D eigenvalue weighted by Crippen LogP contribution is 2.45. The average molecular weight is 277 g/mol. The highest BCUT2D eigenvalue weighted by molar-refractivity contribution is 5.84. The molecule has 1 aliphatic rings. The minimum Gasteiger partial charge on any atom is -0.0616 e. The lowest BCUT2D eigenvalue weighted by Gasteiger charge is -2.24. The number of rotatable bonds is 0. The first kappa shape index (κ1) is 14.4. The smallest absolute Gasteiger partial charge is 0.0212 e. The SMILES string of the molecule is CC(C)(C)c1ccc2c(c1)-c1c(cccc1C(C)(C)C)[CH]2. The molecule has 0 saturated heterocycles. The molecule has 0 aliphatic heterocycles. The minimum atomic E-state index is 0.165. The van der Waals surface area contributed by atoms with Gasteiger partial charge in [0.05, 0.1) is 0 Å². The molecule has 0 fully saturated rings. The summed E-state index contributed by atoms with van der Waals surface area (Å²) < 4.78 is 0. The highest BCUT2D eigenvalue weighted by atomic mass is 14.3. The molecule has 0 atom stereocenters. The Morgan fingerprint density at radius 1 is 0.714 bits per heavy atom.